The van der Waals surface area contributed by atoms with Gasteiger partial charge in [-0.1, -0.05) is 6.92 Å². The molecular formula is C8H16N2O. The summed E-state index contributed by atoms with van der Waals surface area (Å²) in [6.45, 7) is 5.57. The first kappa shape index (κ1) is 10.4. The van der Waals surface area contributed by atoms with Crippen LogP contribution in [0.25, 0.3) is 0 Å². The second-order valence-electron chi connectivity index (χ2n) is 2.78. The molecule has 0 amide bonds. The summed E-state index contributed by atoms with van der Waals surface area (Å²) in [6.07, 6.45) is 0.359. The number of hydrogen-bond donors (Lipinski definition) is 2. The second-order valence-corrected chi connectivity index (χ2v) is 2.78. The van der Waals surface area contributed by atoms with E-state index in [1.54, 1.807) is 6.92 Å². The Bertz CT molecular complexity index is 142. The summed E-state index contributed by atoms with van der Waals surface area (Å²) < 4.78 is 0. The van der Waals surface area contributed by atoms with Crippen molar-refractivity contribution in [3.8, 4) is 6.07 Å². The summed E-state index contributed by atoms with van der Waals surface area (Å²) in [4.78, 5) is 0. The van der Waals surface area contributed by atoms with Crippen molar-refractivity contribution in [3.63, 3.8) is 0 Å². The Kier molecular flexibility index (Phi) is 4.84. The Labute approximate surface area is 68.0 Å². The molecule has 0 aromatic rings. The Balaban J connectivity index is 3.69. The minimum Gasteiger partial charge on any atom is -0.392 e. The average Bonchev–Trinajstić information content (AvgIpc) is 2.02. The van der Waals surface area contributed by atoms with E-state index in [-0.39, 0.29) is 18.2 Å². The maximum Gasteiger partial charge on any atom is 0.0927 e. The molecule has 3 unspecified atom stereocenters. The van der Waals surface area contributed by atoms with Crippen molar-refractivity contribution in [2.75, 3.05) is 0 Å². The molecule has 0 aliphatic carbocycles. The fraction of sp³-hybridized carbons (Fsp3) is 0.875. The van der Waals surface area contributed by atoms with Gasteiger partial charge >= 0.3 is 0 Å². The molecule has 11 heavy (non-hydrogen) atoms. The molecule has 2 N–H and O–H groups in total. The van der Waals surface area contributed by atoms with Crippen molar-refractivity contribution in [2.45, 2.75) is 45.4 Å². The minimum absolute atomic E-state index is 0.00495. The normalized spacial score (nSPS) is 18.5. The third-order valence-corrected chi connectivity index (χ3v) is 1.70. The quantitative estimate of drug-likeness (QED) is 0.628. The highest BCUT2D eigenvalue weighted by Crippen LogP contribution is 1.98. The van der Waals surface area contributed by atoms with E-state index in [1.165, 1.54) is 0 Å². The lowest BCUT2D eigenvalue weighted by Crippen LogP contribution is -2.41. The number of aliphatic hydroxyl groups excluding tert-OH is 1. The maximum absolute atomic E-state index is 9.30. The van der Waals surface area contributed by atoms with Gasteiger partial charge in [0, 0.05) is 6.04 Å². The van der Waals surface area contributed by atoms with Gasteiger partial charge in [-0.15, -0.1) is 0 Å². The van der Waals surface area contributed by atoms with E-state index >= 15 is 0 Å². The molecule has 0 saturated heterocycles. The lowest BCUT2D eigenvalue weighted by atomic mass is 10.1. The molecule has 0 radical (unpaired) electrons. The topological polar surface area (TPSA) is 56.0 Å². The molecule has 3 heteroatoms. The lowest BCUT2D eigenvalue weighted by Gasteiger charge is -2.19. The Morgan fingerprint density at radius 3 is 2.45 bits per heavy atom. The van der Waals surface area contributed by atoms with Crippen LogP contribution in [0.15, 0.2) is 0 Å². The molecule has 0 rings (SSSR count). The molecule has 0 heterocycles. The Hall–Kier alpha value is -0.590. The van der Waals surface area contributed by atoms with Crippen molar-refractivity contribution < 1.29 is 5.11 Å². The van der Waals surface area contributed by atoms with Crippen molar-refractivity contribution in [1.29, 1.82) is 5.26 Å². The van der Waals surface area contributed by atoms with Gasteiger partial charge in [-0.2, -0.15) is 5.26 Å². The number of aliphatic hydroxyl groups is 1. The molecule has 0 aromatic carbocycles. The van der Waals surface area contributed by atoms with Crippen LogP contribution >= 0.6 is 0 Å². The molecule has 0 aromatic heterocycles. The summed E-state index contributed by atoms with van der Waals surface area (Å²) in [5.74, 6) is 0. The van der Waals surface area contributed by atoms with Crippen LogP contribution in [0.4, 0.5) is 0 Å². The summed E-state index contributed by atoms with van der Waals surface area (Å²) in [5.41, 5.74) is 0. The molecule has 3 atom stereocenters. The number of hydrogen-bond acceptors (Lipinski definition) is 3. The summed E-state index contributed by atoms with van der Waals surface area (Å²) in [6, 6.07) is 1.86. The van der Waals surface area contributed by atoms with Crippen molar-refractivity contribution in [1.82, 2.24) is 5.32 Å². The van der Waals surface area contributed by atoms with Crippen LogP contribution in [0.1, 0.15) is 27.2 Å². The van der Waals surface area contributed by atoms with Crippen LogP contribution in [-0.4, -0.2) is 23.3 Å². The number of nitrogens with zero attached hydrogens (tertiary/aromatic N) is 1. The number of rotatable bonds is 4. The van der Waals surface area contributed by atoms with E-state index in [2.05, 4.69) is 11.4 Å². The molecule has 0 saturated carbocycles. The van der Waals surface area contributed by atoms with Gasteiger partial charge in [0.1, 0.15) is 0 Å². The average molecular weight is 156 g/mol. The largest absolute Gasteiger partial charge is 0.392 e. The molecule has 64 valence electrons. The van der Waals surface area contributed by atoms with Gasteiger partial charge in [-0.05, 0) is 20.3 Å². The van der Waals surface area contributed by atoms with E-state index < -0.39 is 0 Å². The number of nitriles is 1. The Morgan fingerprint density at radius 1 is 1.55 bits per heavy atom. The molecule has 0 aliphatic rings. The van der Waals surface area contributed by atoms with E-state index in [0.29, 0.717) is 6.42 Å². The van der Waals surface area contributed by atoms with Crippen LogP contribution < -0.4 is 5.32 Å². The fourth-order valence-corrected chi connectivity index (χ4v) is 0.896. The van der Waals surface area contributed by atoms with Gasteiger partial charge in [0.15, 0.2) is 0 Å². The predicted molar refractivity (Wildman–Crippen MR) is 44.0 cm³/mol. The Morgan fingerprint density at radius 2 is 2.09 bits per heavy atom. The van der Waals surface area contributed by atoms with E-state index in [0.717, 1.165) is 0 Å². The van der Waals surface area contributed by atoms with Gasteiger partial charge in [-0.25, -0.2) is 0 Å². The minimum atomic E-state index is -0.356. The third kappa shape index (κ3) is 3.97. The second kappa shape index (κ2) is 5.11. The smallest absolute Gasteiger partial charge is 0.0927 e. The van der Waals surface area contributed by atoms with E-state index in [4.69, 9.17) is 5.26 Å². The third-order valence-electron chi connectivity index (χ3n) is 1.70. The van der Waals surface area contributed by atoms with Gasteiger partial charge in [0.25, 0.3) is 0 Å². The van der Waals surface area contributed by atoms with Crippen LogP contribution in [-0.2, 0) is 0 Å². The van der Waals surface area contributed by atoms with Crippen molar-refractivity contribution >= 4 is 0 Å². The summed E-state index contributed by atoms with van der Waals surface area (Å²) >= 11 is 0. The van der Waals surface area contributed by atoms with Gasteiger partial charge in [0.05, 0.1) is 18.2 Å². The lowest BCUT2D eigenvalue weighted by molar-refractivity contribution is 0.128. The highest BCUT2D eigenvalue weighted by atomic mass is 16.3. The first-order valence-corrected chi connectivity index (χ1v) is 3.95. The first-order valence-electron chi connectivity index (χ1n) is 3.95. The van der Waals surface area contributed by atoms with E-state index in [9.17, 15) is 5.11 Å². The predicted octanol–water partition coefficient (Wildman–Crippen LogP) is 0.647. The molecule has 3 nitrogen and oxygen atoms in total. The zero-order valence-corrected chi connectivity index (χ0v) is 7.33. The van der Waals surface area contributed by atoms with Crippen molar-refractivity contribution in [3.05, 3.63) is 0 Å². The van der Waals surface area contributed by atoms with Crippen LogP contribution in [0.5, 0.6) is 0 Å². The summed E-state index contributed by atoms with van der Waals surface area (Å²) in [5, 5.41) is 20.7. The van der Waals surface area contributed by atoms with Crippen LogP contribution in [0, 0.1) is 11.3 Å². The first-order chi connectivity index (χ1) is 5.11. The summed E-state index contributed by atoms with van der Waals surface area (Å²) in [7, 11) is 0. The van der Waals surface area contributed by atoms with E-state index in [1.807, 2.05) is 13.8 Å². The van der Waals surface area contributed by atoms with Crippen molar-refractivity contribution in [2.24, 2.45) is 0 Å². The molecule has 0 bridgehead atoms. The van der Waals surface area contributed by atoms with Gasteiger partial charge in [-0.3, -0.25) is 5.32 Å². The SMILES string of the molecule is CCC(O)C(C)NC(C)C#N. The molecular weight excluding hydrogens is 140 g/mol. The van der Waals surface area contributed by atoms with Crippen LogP contribution in [0.3, 0.4) is 0 Å². The maximum atomic E-state index is 9.30. The molecule has 0 fully saturated rings. The highest BCUT2D eigenvalue weighted by molar-refractivity contribution is 4.88. The molecule has 0 aliphatic heterocycles. The standard InChI is InChI=1S/C8H16N2O/c1-4-8(11)7(3)10-6(2)5-9/h6-8,10-11H,4H2,1-3H3. The molecule has 0 spiro atoms. The highest BCUT2D eigenvalue weighted by Gasteiger charge is 2.13. The zero-order chi connectivity index (χ0) is 8.85. The van der Waals surface area contributed by atoms with Gasteiger partial charge < -0.3 is 5.11 Å². The monoisotopic (exact) mass is 156 g/mol. The zero-order valence-electron chi connectivity index (χ0n) is 7.33. The van der Waals surface area contributed by atoms with Gasteiger partial charge in [0.2, 0.25) is 0 Å². The van der Waals surface area contributed by atoms with Crippen LogP contribution in [0.2, 0.25) is 0 Å². The number of nitrogens with one attached hydrogen (secondary N) is 1. The fourth-order valence-electron chi connectivity index (χ4n) is 0.896.